The van der Waals surface area contributed by atoms with Crippen LogP contribution in [0.15, 0.2) is 60.8 Å². The number of fused-ring (bicyclic) bond motifs is 4. The molecule has 24 heavy (non-hydrogen) atoms. The summed E-state index contributed by atoms with van der Waals surface area (Å²) >= 11 is 0. The maximum absolute atomic E-state index is 4.78. The lowest BCUT2D eigenvalue weighted by Crippen LogP contribution is -1.96. The summed E-state index contributed by atoms with van der Waals surface area (Å²) < 4.78 is 2.20. The SMILES string of the molecule is Cc1c2ccccc2cc2c1c1cccc3nc4ccnc2n4c31. The number of imidazole rings is 1. The van der Waals surface area contributed by atoms with Crippen LogP contribution in [0.2, 0.25) is 0 Å². The van der Waals surface area contributed by atoms with Gasteiger partial charge in [0.2, 0.25) is 0 Å². The summed E-state index contributed by atoms with van der Waals surface area (Å²) in [6.07, 6.45) is 1.86. The average molecular weight is 307 g/mol. The third kappa shape index (κ3) is 1.30. The van der Waals surface area contributed by atoms with Gasteiger partial charge < -0.3 is 0 Å². The zero-order chi connectivity index (χ0) is 15.8. The van der Waals surface area contributed by atoms with Crippen LogP contribution in [-0.2, 0) is 0 Å². The number of rotatable bonds is 0. The molecular weight excluding hydrogens is 294 g/mol. The summed E-state index contributed by atoms with van der Waals surface area (Å²) in [5, 5.41) is 6.28. The van der Waals surface area contributed by atoms with Gasteiger partial charge in [-0.15, -0.1) is 0 Å². The van der Waals surface area contributed by atoms with Crippen LogP contribution >= 0.6 is 0 Å². The smallest absolute Gasteiger partial charge is 0.146 e. The Hall–Kier alpha value is -3.20. The molecule has 3 aromatic carbocycles. The second-order valence-corrected chi connectivity index (χ2v) is 6.39. The van der Waals surface area contributed by atoms with Gasteiger partial charge >= 0.3 is 0 Å². The van der Waals surface area contributed by atoms with Crippen molar-refractivity contribution in [2.24, 2.45) is 0 Å². The Morgan fingerprint density at radius 2 is 1.75 bits per heavy atom. The van der Waals surface area contributed by atoms with Crippen LogP contribution in [0, 0.1) is 6.92 Å². The average Bonchev–Trinajstić information content (AvgIpc) is 3.00. The number of benzene rings is 3. The van der Waals surface area contributed by atoms with E-state index in [2.05, 4.69) is 59.9 Å². The second kappa shape index (κ2) is 4.01. The second-order valence-electron chi connectivity index (χ2n) is 6.39. The Bertz CT molecular complexity index is 1410. The lowest BCUT2D eigenvalue weighted by molar-refractivity contribution is 1.21. The first-order valence-corrected chi connectivity index (χ1v) is 8.12. The van der Waals surface area contributed by atoms with E-state index < -0.39 is 0 Å². The van der Waals surface area contributed by atoms with Crippen molar-refractivity contribution in [3.8, 4) is 0 Å². The minimum absolute atomic E-state index is 0.957. The molecule has 0 bridgehead atoms. The van der Waals surface area contributed by atoms with E-state index in [1.165, 1.54) is 38.0 Å². The Kier molecular flexibility index (Phi) is 2.04. The minimum Gasteiger partial charge on any atom is -0.276 e. The van der Waals surface area contributed by atoms with E-state index in [1.54, 1.807) is 0 Å². The monoisotopic (exact) mass is 307 g/mol. The van der Waals surface area contributed by atoms with Crippen molar-refractivity contribution in [1.82, 2.24) is 14.4 Å². The minimum atomic E-state index is 0.957. The molecule has 0 saturated carbocycles. The molecule has 0 saturated heterocycles. The van der Waals surface area contributed by atoms with Gasteiger partial charge in [-0.1, -0.05) is 36.4 Å². The third-order valence-electron chi connectivity index (χ3n) is 5.15. The van der Waals surface area contributed by atoms with E-state index in [4.69, 9.17) is 9.97 Å². The van der Waals surface area contributed by atoms with Gasteiger partial charge in [-0.2, -0.15) is 0 Å². The molecule has 0 aliphatic heterocycles. The summed E-state index contributed by atoms with van der Waals surface area (Å²) in [6, 6.07) is 19.2. The summed E-state index contributed by atoms with van der Waals surface area (Å²) in [6.45, 7) is 2.21. The van der Waals surface area contributed by atoms with Crippen molar-refractivity contribution in [1.29, 1.82) is 0 Å². The molecule has 0 N–H and O–H groups in total. The number of aryl methyl sites for hydroxylation is 1. The van der Waals surface area contributed by atoms with Gasteiger partial charge in [-0.25, -0.2) is 9.97 Å². The lowest BCUT2D eigenvalue weighted by Gasteiger charge is -2.13. The number of para-hydroxylation sites is 1. The predicted octanol–water partition coefficient (Wildman–Crippen LogP) is 5.09. The van der Waals surface area contributed by atoms with Gasteiger partial charge in [-0.3, -0.25) is 4.40 Å². The Labute approximate surface area is 137 Å². The van der Waals surface area contributed by atoms with Gasteiger partial charge in [0.15, 0.2) is 0 Å². The van der Waals surface area contributed by atoms with E-state index in [9.17, 15) is 0 Å². The molecule has 3 aromatic heterocycles. The molecule has 0 radical (unpaired) electrons. The molecule has 0 amide bonds. The normalized spacial score (nSPS) is 12.4. The van der Waals surface area contributed by atoms with Gasteiger partial charge in [-0.05, 0) is 46.8 Å². The van der Waals surface area contributed by atoms with E-state index in [0.29, 0.717) is 0 Å². The van der Waals surface area contributed by atoms with Crippen molar-refractivity contribution >= 4 is 49.3 Å². The highest BCUT2D eigenvalue weighted by molar-refractivity contribution is 6.21. The van der Waals surface area contributed by atoms with E-state index >= 15 is 0 Å². The van der Waals surface area contributed by atoms with E-state index in [-0.39, 0.29) is 0 Å². The van der Waals surface area contributed by atoms with Crippen molar-refractivity contribution < 1.29 is 0 Å². The number of pyridine rings is 1. The van der Waals surface area contributed by atoms with Crippen molar-refractivity contribution in [3.63, 3.8) is 0 Å². The van der Waals surface area contributed by atoms with Crippen LogP contribution in [0.4, 0.5) is 0 Å². The highest BCUT2D eigenvalue weighted by Gasteiger charge is 2.17. The first-order valence-electron chi connectivity index (χ1n) is 8.12. The molecule has 0 aliphatic rings. The van der Waals surface area contributed by atoms with Crippen LogP contribution in [-0.4, -0.2) is 14.4 Å². The molecule has 0 atom stereocenters. The standard InChI is InChI=1S/C21H13N3/c1-12-14-6-3-2-5-13(14)11-16-19(12)15-7-4-8-17-20(15)24-18(23-17)9-10-22-21(16)24/h2-11H,1H3. The Morgan fingerprint density at radius 3 is 2.71 bits per heavy atom. The maximum atomic E-state index is 4.78. The molecule has 0 aliphatic carbocycles. The van der Waals surface area contributed by atoms with Crippen molar-refractivity contribution in [2.75, 3.05) is 0 Å². The van der Waals surface area contributed by atoms with Crippen LogP contribution in [0.5, 0.6) is 0 Å². The zero-order valence-electron chi connectivity index (χ0n) is 13.1. The first-order chi connectivity index (χ1) is 11.8. The Balaban J connectivity index is 2.09. The fourth-order valence-electron chi connectivity index (χ4n) is 4.15. The summed E-state index contributed by atoms with van der Waals surface area (Å²) in [5.74, 6) is 0. The zero-order valence-corrected chi connectivity index (χ0v) is 13.1. The fourth-order valence-corrected chi connectivity index (χ4v) is 4.15. The van der Waals surface area contributed by atoms with Crippen LogP contribution < -0.4 is 0 Å². The first kappa shape index (κ1) is 12.3. The number of nitrogens with zero attached hydrogens (tertiary/aromatic N) is 3. The van der Waals surface area contributed by atoms with Gasteiger partial charge in [0.25, 0.3) is 0 Å². The van der Waals surface area contributed by atoms with Crippen LogP contribution in [0.1, 0.15) is 5.56 Å². The molecular formula is C21H13N3. The van der Waals surface area contributed by atoms with E-state index in [1.807, 2.05) is 12.3 Å². The topological polar surface area (TPSA) is 30.2 Å². The van der Waals surface area contributed by atoms with Crippen molar-refractivity contribution in [3.05, 3.63) is 66.4 Å². The number of hydrogen-bond donors (Lipinski definition) is 0. The number of hydrogen-bond acceptors (Lipinski definition) is 2. The molecule has 6 aromatic rings. The van der Waals surface area contributed by atoms with Crippen LogP contribution in [0.25, 0.3) is 49.3 Å². The molecule has 6 rings (SSSR count). The summed E-state index contributed by atoms with van der Waals surface area (Å²) in [7, 11) is 0. The van der Waals surface area contributed by atoms with Crippen LogP contribution in [0.3, 0.4) is 0 Å². The van der Waals surface area contributed by atoms with Crippen molar-refractivity contribution in [2.45, 2.75) is 6.92 Å². The molecule has 0 fully saturated rings. The molecule has 0 spiro atoms. The highest BCUT2D eigenvalue weighted by atomic mass is 15.1. The molecule has 3 heteroatoms. The molecule has 0 unspecified atom stereocenters. The maximum Gasteiger partial charge on any atom is 0.146 e. The van der Waals surface area contributed by atoms with Gasteiger partial charge in [0.1, 0.15) is 11.3 Å². The Morgan fingerprint density at radius 1 is 0.875 bits per heavy atom. The van der Waals surface area contributed by atoms with Gasteiger partial charge in [0.05, 0.1) is 11.0 Å². The fraction of sp³-hybridized carbons (Fsp3) is 0.0476. The van der Waals surface area contributed by atoms with Gasteiger partial charge in [0, 0.05) is 17.0 Å². The summed E-state index contributed by atoms with van der Waals surface area (Å²) in [5.41, 5.74) is 5.44. The molecule has 112 valence electrons. The lowest BCUT2D eigenvalue weighted by atomic mass is 9.95. The highest BCUT2D eigenvalue weighted by Crippen LogP contribution is 2.37. The van der Waals surface area contributed by atoms with E-state index in [0.717, 1.165) is 16.8 Å². The number of aromatic nitrogens is 3. The summed E-state index contributed by atoms with van der Waals surface area (Å²) in [4.78, 5) is 9.49. The molecule has 3 heterocycles. The third-order valence-corrected chi connectivity index (χ3v) is 5.15. The largest absolute Gasteiger partial charge is 0.276 e. The quantitative estimate of drug-likeness (QED) is 0.289. The molecule has 3 nitrogen and oxygen atoms in total. The predicted molar refractivity (Wildman–Crippen MR) is 98.9 cm³/mol.